The number of hydrogen-bond donors (Lipinski definition) is 2. The second-order valence-electron chi connectivity index (χ2n) is 10.6. The van der Waals surface area contributed by atoms with E-state index in [2.05, 4.69) is 65.1 Å². The highest BCUT2D eigenvalue weighted by Gasteiger charge is 2.38. The third-order valence-corrected chi connectivity index (χ3v) is 9.37. The maximum absolute atomic E-state index is 13.6. The van der Waals surface area contributed by atoms with E-state index in [1.807, 2.05) is 0 Å². The highest BCUT2D eigenvalue weighted by molar-refractivity contribution is 7.93. The standard InChI is InChI=1S/C27H32N8O5S/c1-18(2)32(3)16-19-4-5-23-24(7-11-39-26(23)12-19)33-17-20(30-31-33)13-25-27(36)28-8-10-35(25)41(37,38)22-6-9-34-21(14-22)15-29-40-34/h4-6,8-10,12,14-15,17-18,24-25,29H,7,11,13,16H2,1-3H3,(H,28,36). The Morgan fingerprint density at radius 2 is 2.10 bits per heavy atom. The summed E-state index contributed by atoms with van der Waals surface area (Å²) in [6.07, 6.45) is 11.1. The first-order chi connectivity index (χ1) is 19.7. The van der Waals surface area contributed by atoms with E-state index >= 15 is 0 Å². The van der Waals surface area contributed by atoms with Crippen molar-refractivity contribution >= 4 is 15.9 Å². The third kappa shape index (κ3) is 5.21. The maximum atomic E-state index is 13.6. The molecule has 0 saturated heterocycles. The molecule has 2 N–H and O–H groups in total. The number of benzene rings is 1. The number of sulfonamides is 1. The van der Waals surface area contributed by atoms with E-state index in [0.29, 0.717) is 30.5 Å². The number of nitrogens with one attached hydrogen (secondary N) is 2. The molecule has 216 valence electrons. The van der Waals surface area contributed by atoms with E-state index < -0.39 is 22.0 Å². The summed E-state index contributed by atoms with van der Waals surface area (Å²) in [4.78, 5) is 20.3. The fourth-order valence-electron chi connectivity index (χ4n) is 5.05. The largest absolute Gasteiger partial charge is 0.493 e. The maximum Gasteiger partial charge on any atom is 0.264 e. The number of carbonyl (C=O) groups excluding carboxylic acids is 1. The number of fused-ring (bicyclic) bond motifs is 2. The van der Waals surface area contributed by atoms with E-state index in [4.69, 9.17) is 9.68 Å². The van der Waals surface area contributed by atoms with Crippen molar-refractivity contribution in [3.8, 4) is 5.75 Å². The van der Waals surface area contributed by atoms with Crippen LogP contribution in [0.25, 0.3) is 0 Å². The van der Waals surface area contributed by atoms with Gasteiger partial charge in [-0.1, -0.05) is 17.3 Å². The molecule has 4 aliphatic heterocycles. The van der Waals surface area contributed by atoms with Gasteiger partial charge in [0, 0.05) is 55.8 Å². The first-order valence-electron chi connectivity index (χ1n) is 13.4. The minimum atomic E-state index is -4.06. The summed E-state index contributed by atoms with van der Waals surface area (Å²) in [5, 5.41) is 12.7. The lowest BCUT2D eigenvalue weighted by molar-refractivity contribution is -0.124. The average Bonchev–Trinajstić information content (AvgIpc) is 3.63. The van der Waals surface area contributed by atoms with Crippen LogP contribution in [-0.2, 0) is 32.7 Å². The number of aromatic nitrogens is 3. The van der Waals surface area contributed by atoms with Gasteiger partial charge in [-0.05, 0) is 44.7 Å². The summed E-state index contributed by atoms with van der Waals surface area (Å²) in [6.45, 7) is 5.67. The average molecular weight is 581 g/mol. The van der Waals surface area contributed by atoms with Crippen molar-refractivity contribution in [1.29, 1.82) is 0 Å². The zero-order valence-electron chi connectivity index (χ0n) is 23.0. The van der Waals surface area contributed by atoms with Crippen LogP contribution in [0.1, 0.15) is 43.1 Å². The molecule has 0 spiro atoms. The molecule has 0 radical (unpaired) electrons. The molecular formula is C27H32N8O5S. The lowest BCUT2D eigenvalue weighted by Gasteiger charge is -2.32. The Kier molecular flexibility index (Phi) is 7.05. The number of amides is 1. The van der Waals surface area contributed by atoms with Crippen molar-refractivity contribution in [1.82, 2.24) is 40.1 Å². The molecule has 13 nitrogen and oxygen atoms in total. The summed E-state index contributed by atoms with van der Waals surface area (Å²) >= 11 is 0. The van der Waals surface area contributed by atoms with Crippen molar-refractivity contribution in [2.45, 2.75) is 51.4 Å². The SMILES string of the molecule is CC(C)N(C)Cc1ccc2c(c1)OCCC2n1cc(CC2C(=O)NC=CN2S(=O)(=O)C2=CC3=CNON3C=C2)nn1. The molecule has 4 aliphatic rings. The van der Waals surface area contributed by atoms with Crippen LogP contribution in [0.2, 0.25) is 0 Å². The molecule has 14 heteroatoms. The molecule has 0 aliphatic carbocycles. The van der Waals surface area contributed by atoms with Crippen LogP contribution >= 0.6 is 0 Å². The Labute approximate surface area is 238 Å². The van der Waals surface area contributed by atoms with Gasteiger partial charge in [-0.25, -0.2) is 23.6 Å². The predicted octanol–water partition coefficient (Wildman–Crippen LogP) is 1.64. The molecule has 2 atom stereocenters. The third-order valence-electron chi connectivity index (χ3n) is 7.59. The second kappa shape index (κ2) is 10.7. The van der Waals surface area contributed by atoms with Gasteiger partial charge in [0.25, 0.3) is 10.0 Å². The molecule has 0 fully saturated rings. The highest BCUT2D eigenvalue weighted by atomic mass is 32.2. The van der Waals surface area contributed by atoms with Crippen LogP contribution in [0.5, 0.6) is 5.75 Å². The molecule has 1 amide bonds. The van der Waals surface area contributed by atoms with Gasteiger partial charge in [0.15, 0.2) is 0 Å². The minimum Gasteiger partial charge on any atom is -0.493 e. The molecule has 6 rings (SSSR count). The minimum absolute atomic E-state index is 0.0260. The van der Waals surface area contributed by atoms with E-state index in [1.165, 1.54) is 47.6 Å². The van der Waals surface area contributed by atoms with E-state index in [0.717, 1.165) is 22.2 Å². The molecule has 2 aromatic rings. The van der Waals surface area contributed by atoms with Gasteiger partial charge in [-0.3, -0.25) is 14.0 Å². The van der Waals surface area contributed by atoms with Crippen molar-refractivity contribution in [3.63, 3.8) is 0 Å². The normalized spacial score (nSPS) is 21.7. The zero-order valence-corrected chi connectivity index (χ0v) is 23.8. The highest BCUT2D eigenvalue weighted by Crippen LogP contribution is 2.35. The lowest BCUT2D eigenvalue weighted by atomic mass is 9.98. The molecule has 0 bridgehead atoms. The van der Waals surface area contributed by atoms with Crippen LogP contribution in [-0.4, -0.2) is 69.3 Å². The quantitative estimate of drug-likeness (QED) is 0.475. The topological polar surface area (TPSA) is 134 Å². The molecule has 5 heterocycles. The van der Waals surface area contributed by atoms with Gasteiger partial charge < -0.3 is 10.1 Å². The van der Waals surface area contributed by atoms with E-state index in [1.54, 1.807) is 10.9 Å². The first-order valence-corrected chi connectivity index (χ1v) is 14.8. The Bertz CT molecular complexity index is 1580. The molecule has 2 unspecified atom stereocenters. The van der Waals surface area contributed by atoms with Crippen LogP contribution in [0.15, 0.2) is 71.9 Å². The number of carbonyl (C=O) groups is 1. The Morgan fingerprint density at radius 1 is 1.24 bits per heavy atom. The number of rotatable bonds is 8. The fraction of sp³-hybridized carbons (Fsp3) is 0.370. The molecule has 1 aromatic carbocycles. The van der Waals surface area contributed by atoms with Gasteiger partial charge in [-0.2, -0.15) is 4.94 Å². The number of nitrogens with zero attached hydrogens (tertiary/aromatic N) is 6. The number of allylic oxidation sites excluding steroid dienone is 2. The summed E-state index contributed by atoms with van der Waals surface area (Å²) in [7, 11) is -1.97. The fourth-order valence-corrected chi connectivity index (χ4v) is 6.53. The summed E-state index contributed by atoms with van der Waals surface area (Å²) in [5.74, 6) is 0.375. The molecule has 1 aromatic heterocycles. The molecule has 0 saturated carbocycles. The van der Waals surface area contributed by atoms with E-state index in [9.17, 15) is 13.2 Å². The number of ether oxygens (including phenoxy) is 1. The van der Waals surface area contributed by atoms with Crippen molar-refractivity contribution in [2.75, 3.05) is 13.7 Å². The van der Waals surface area contributed by atoms with Crippen LogP contribution in [0, 0.1) is 0 Å². The van der Waals surface area contributed by atoms with Crippen molar-refractivity contribution in [2.24, 2.45) is 0 Å². The summed E-state index contributed by atoms with van der Waals surface area (Å²) in [5.41, 5.74) is 5.77. The van der Waals surface area contributed by atoms with Gasteiger partial charge in [-0.15, -0.1) is 5.10 Å². The Hall–Kier alpha value is -4.14. The van der Waals surface area contributed by atoms with Gasteiger partial charge in [0.1, 0.15) is 11.8 Å². The number of hydroxylamine groups is 3. The van der Waals surface area contributed by atoms with Gasteiger partial charge >= 0.3 is 0 Å². The van der Waals surface area contributed by atoms with Crippen LogP contribution in [0.4, 0.5) is 0 Å². The smallest absolute Gasteiger partial charge is 0.264 e. The predicted molar refractivity (Wildman–Crippen MR) is 148 cm³/mol. The first kappa shape index (κ1) is 27.1. The summed E-state index contributed by atoms with van der Waals surface area (Å²) in [6, 6.07) is 5.56. The molecular weight excluding hydrogens is 548 g/mol. The van der Waals surface area contributed by atoms with E-state index in [-0.39, 0.29) is 17.4 Å². The molecule has 41 heavy (non-hydrogen) atoms. The van der Waals surface area contributed by atoms with Gasteiger partial charge in [0.05, 0.1) is 35.1 Å². The second-order valence-corrected chi connectivity index (χ2v) is 12.4. The lowest BCUT2D eigenvalue weighted by Crippen LogP contribution is -2.50. The Balaban J connectivity index is 1.22. The summed E-state index contributed by atoms with van der Waals surface area (Å²) < 4.78 is 36.0. The monoisotopic (exact) mass is 580 g/mol. The van der Waals surface area contributed by atoms with Crippen LogP contribution < -0.4 is 15.5 Å². The van der Waals surface area contributed by atoms with Crippen molar-refractivity contribution in [3.05, 3.63) is 88.8 Å². The van der Waals surface area contributed by atoms with Gasteiger partial charge in [0.2, 0.25) is 5.91 Å². The Morgan fingerprint density at radius 3 is 2.93 bits per heavy atom. The zero-order chi connectivity index (χ0) is 28.7. The number of hydrogen-bond acceptors (Lipinski definition) is 10. The van der Waals surface area contributed by atoms with Crippen molar-refractivity contribution < 1.29 is 22.9 Å². The van der Waals surface area contributed by atoms with Crippen LogP contribution in [0.3, 0.4) is 0 Å².